The van der Waals surface area contributed by atoms with Gasteiger partial charge in [-0.2, -0.15) is 0 Å². The second kappa shape index (κ2) is 6.20. The summed E-state index contributed by atoms with van der Waals surface area (Å²) < 4.78 is 34.2. The van der Waals surface area contributed by atoms with E-state index in [0.29, 0.717) is 27.9 Å². The van der Waals surface area contributed by atoms with Gasteiger partial charge in [0.05, 0.1) is 28.8 Å². The van der Waals surface area contributed by atoms with Crippen LogP contribution in [0.25, 0.3) is 32.9 Å². The van der Waals surface area contributed by atoms with E-state index in [1.165, 1.54) is 7.11 Å². The number of nitrogens with one attached hydrogen (secondary N) is 1. The lowest BCUT2D eigenvalue weighted by molar-refractivity contribution is 0.0603. The van der Waals surface area contributed by atoms with Gasteiger partial charge in [0.25, 0.3) is 0 Å². The first kappa shape index (κ1) is 18.2. The molecule has 2 aromatic carbocycles. The summed E-state index contributed by atoms with van der Waals surface area (Å²) in [5, 5.41) is 5.41. The summed E-state index contributed by atoms with van der Waals surface area (Å²) >= 11 is 0. The van der Waals surface area contributed by atoms with Crippen LogP contribution in [-0.4, -0.2) is 37.9 Å². The number of hydrogen-bond acceptors (Lipinski definition) is 6. The molecule has 0 aliphatic carbocycles. The molecule has 1 N–H and O–H groups in total. The number of aromatic amines is 1. The van der Waals surface area contributed by atoms with Crippen LogP contribution in [0.3, 0.4) is 0 Å². The Balaban J connectivity index is 2.13. The van der Waals surface area contributed by atoms with Gasteiger partial charge in [-0.3, -0.25) is 0 Å². The van der Waals surface area contributed by atoms with Gasteiger partial charge >= 0.3 is 5.97 Å². The van der Waals surface area contributed by atoms with Crippen molar-refractivity contribution in [3.63, 3.8) is 0 Å². The molecule has 0 saturated heterocycles. The molecule has 0 aliphatic rings. The lowest BCUT2D eigenvalue weighted by Gasteiger charge is -2.07. The van der Waals surface area contributed by atoms with Crippen molar-refractivity contribution in [3.05, 3.63) is 47.3 Å². The van der Waals surface area contributed by atoms with E-state index in [2.05, 4.69) is 10.1 Å². The second-order valence-electron chi connectivity index (χ2n) is 6.74. The van der Waals surface area contributed by atoms with Crippen LogP contribution < -0.4 is 0 Å². The minimum absolute atomic E-state index is 0.211. The highest BCUT2D eigenvalue weighted by atomic mass is 32.2. The van der Waals surface area contributed by atoms with Crippen molar-refractivity contribution in [3.8, 4) is 11.1 Å². The third-order valence-corrected chi connectivity index (χ3v) is 5.94. The first-order chi connectivity index (χ1) is 13.2. The van der Waals surface area contributed by atoms with Crippen LogP contribution in [0.4, 0.5) is 0 Å². The topological polar surface area (TPSA) is 102 Å². The van der Waals surface area contributed by atoms with Crippen LogP contribution in [0, 0.1) is 13.8 Å². The Hall–Kier alpha value is -3.13. The second-order valence-corrected chi connectivity index (χ2v) is 8.76. The summed E-state index contributed by atoms with van der Waals surface area (Å²) in [6, 6.07) is 8.48. The van der Waals surface area contributed by atoms with Crippen molar-refractivity contribution >= 4 is 37.6 Å². The molecular weight excluding hydrogens is 380 g/mol. The first-order valence-corrected chi connectivity index (χ1v) is 10.4. The number of fused-ring (bicyclic) bond motifs is 3. The van der Waals surface area contributed by atoms with Crippen molar-refractivity contribution in [2.75, 3.05) is 13.4 Å². The Bertz CT molecular complexity index is 1340. The molecule has 2 heterocycles. The average Bonchev–Trinajstić information content (AvgIpc) is 3.18. The van der Waals surface area contributed by atoms with Crippen LogP contribution in [0.2, 0.25) is 0 Å². The molecule has 7 nitrogen and oxygen atoms in total. The Morgan fingerprint density at radius 3 is 2.50 bits per heavy atom. The van der Waals surface area contributed by atoms with Crippen molar-refractivity contribution in [1.82, 2.24) is 10.1 Å². The fraction of sp³-hybridized carbons (Fsp3) is 0.200. The first-order valence-electron chi connectivity index (χ1n) is 8.52. The summed E-state index contributed by atoms with van der Waals surface area (Å²) in [6.07, 6.45) is 1.16. The van der Waals surface area contributed by atoms with Crippen molar-refractivity contribution in [2.45, 2.75) is 18.7 Å². The maximum Gasteiger partial charge on any atom is 0.340 e. The third-order valence-electron chi connectivity index (χ3n) is 4.83. The maximum absolute atomic E-state index is 12.4. The van der Waals surface area contributed by atoms with Gasteiger partial charge in [0.1, 0.15) is 5.76 Å². The molecule has 144 valence electrons. The normalized spacial score (nSPS) is 12.0. The number of esters is 1. The Labute approximate surface area is 161 Å². The molecule has 0 atom stereocenters. The maximum atomic E-state index is 12.4. The lowest BCUT2D eigenvalue weighted by Crippen LogP contribution is -2.02. The SMILES string of the molecule is COC(=O)c1cc(-c2c(C)noc2C)cc2c1[nH]c1ccc(S(C)(=O)=O)cc12. The molecule has 0 aliphatic heterocycles. The summed E-state index contributed by atoms with van der Waals surface area (Å²) in [7, 11) is -2.05. The van der Waals surface area contributed by atoms with Crippen LogP contribution in [0.15, 0.2) is 39.8 Å². The number of benzene rings is 2. The Morgan fingerprint density at radius 1 is 1.14 bits per heavy atom. The minimum Gasteiger partial charge on any atom is -0.465 e. The quantitative estimate of drug-likeness (QED) is 0.527. The van der Waals surface area contributed by atoms with Crippen LogP contribution in [0.1, 0.15) is 21.8 Å². The zero-order valence-corrected chi connectivity index (χ0v) is 16.6. The molecule has 0 fully saturated rings. The molecule has 8 heteroatoms. The molecule has 0 bridgehead atoms. The summed E-state index contributed by atoms with van der Waals surface area (Å²) in [4.78, 5) is 15.9. The summed E-state index contributed by atoms with van der Waals surface area (Å²) in [5.74, 6) is 0.137. The van der Waals surface area contributed by atoms with Gasteiger partial charge in [0, 0.05) is 28.1 Å². The highest BCUT2D eigenvalue weighted by Gasteiger charge is 2.21. The molecule has 28 heavy (non-hydrogen) atoms. The van der Waals surface area contributed by atoms with Gasteiger partial charge in [-0.1, -0.05) is 5.16 Å². The number of aromatic nitrogens is 2. The van der Waals surface area contributed by atoms with Gasteiger partial charge in [0.2, 0.25) is 0 Å². The summed E-state index contributed by atoms with van der Waals surface area (Å²) in [6.45, 7) is 3.62. The fourth-order valence-electron chi connectivity index (χ4n) is 3.52. The number of ether oxygens (including phenoxy) is 1. The number of aryl methyl sites for hydroxylation is 2. The molecule has 0 saturated carbocycles. The van der Waals surface area contributed by atoms with E-state index in [-0.39, 0.29) is 4.90 Å². The van der Waals surface area contributed by atoms with Crippen molar-refractivity contribution in [1.29, 1.82) is 0 Å². The van der Waals surface area contributed by atoms with E-state index in [9.17, 15) is 13.2 Å². The highest BCUT2D eigenvalue weighted by Crippen LogP contribution is 2.36. The van der Waals surface area contributed by atoms with E-state index >= 15 is 0 Å². The zero-order valence-electron chi connectivity index (χ0n) is 15.8. The minimum atomic E-state index is -3.37. The van der Waals surface area contributed by atoms with Gasteiger partial charge in [-0.25, -0.2) is 13.2 Å². The predicted octanol–water partition coefficient (Wildman–Crippen LogP) is 3.78. The summed E-state index contributed by atoms with van der Waals surface area (Å²) in [5.41, 5.74) is 3.90. The van der Waals surface area contributed by atoms with E-state index in [4.69, 9.17) is 9.26 Å². The molecule has 0 spiro atoms. The monoisotopic (exact) mass is 398 g/mol. The zero-order chi connectivity index (χ0) is 20.2. The smallest absolute Gasteiger partial charge is 0.340 e. The molecule has 0 radical (unpaired) electrons. The number of methoxy groups -OCH3 is 1. The number of hydrogen-bond donors (Lipinski definition) is 1. The molecule has 4 aromatic rings. The third kappa shape index (κ3) is 2.77. The lowest BCUT2D eigenvalue weighted by atomic mass is 9.98. The molecule has 2 aromatic heterocycles. The number of rotatable bonds is 3. The number of carbonyl (C=O) groups excluding carboxylic acids is 1. The highest BCUT2D eigenvalue weighted by molar-refractivity contribution is 7.90. The number of sulfone groups is 1. The van der Waals surface area contributed by atoms with Crippen molar-refractivity contribution < 1.29 is 22.5 Å². The fourth-order valence-corrected chi connectivity index (χ4v) is 4.17. The van der Waals surface area contributed by atoms with Gasteiger partial charge in [-0.05, 0) is 49.7 Å². The molecule has 4 rings (SSSR count). The average molecular weight is 398 g/mol. The van der Waals surface area contributed by atoms with Gasteiger partial charge < -0.3 is 14.2 Å². The van der Waals surface area contributed by atoms with Gasteiger partial charge in [0.15, 0.2) is 9.84 Å². The largest absolute Gasteiger partial charge is 0.465 e. The van der Waals surface area contributed by atoms with E-state index < -0.39 is 15.8 Å². The van der Waals surface area contributed by atoms with Crippen LogP contribution >= 0.6 is 0 Å². The van der Waals surface area contributed by atoms with Gasteiger partial charge in [-0.15, -0.1) is 0 Å². The van der Waals surface area contributed by atoms with Crippen molar-refractivity contribution in [2.24, 2.45) is 0 Å². The molecular formula is C20H18N2O5S. The van der Waals surface area contributed by atoms with E-state index in [1.54, 1.807) is 31.2 Å². The number of carbonyl (C=O) groups is 1. The van der Waals surface area contributed by atoms with E-state index in [1.807, 2.05) is 13.0 Å². The van der Waals surface area contributed by atoms with E-state index in [0.717, 1.165) is 28.3 Å². The Morgan fingerprint density at radius 2 is 1.89 bits per heavy atom. The molecule has 0 unspecified atom stereocenters. The standard InChI is InChI=1S/C20H18N2O5S/c1-10-18(11(2)27-22-10)12-7-15-14-9-13(28(4,24)25)5-6-17(14)21-19(15)16(8-12)20(23)26-3/h5-9,21H,1-4H3. The Kier molecular flexibility index (Phi) is 4.04. The predicted molar refractivity (Wildman–Crippen MR) is 105 cm³/mol. The van der Waals surface area contributed by atoms with Crippen LogP contribution in [-0.2, 0) is 14.6 Å². The molecule has 0 amide bonds. The number of nitrogens with zero attached hydrogens (tertiary/aromatic N) is 1. The number of H-pyrrole nitrogens is 1. The van der Waals surface area contributed by atoms with Crippen LogP contribution in [0.5, 0.6) is 0 Å².